The van der Waals surface area contributed by atoms with E-state index in [1.54, 1.807) is 0 Å². The Morgan fingerprint density at radius 1 is 1.00 bits per heavy atom. The molecule has 0 N–H and O–H groups in total. The van der Waals surface area contributed by atoms with Crippen LogP contribution in [0, 0.1) is 0 Å². The maximum absolute atomic E-state index is 6.11. The van der Waals surface area contributed by atoms with Crippen LogP contribution in [0.3, 0.4) is 0 Å². The number of para-hydroxylation sites is 2. The minimum absolute atomic E-state index is 0.442. The van der Waals surface area contributed by atoms with Crippen molar-refractivity contribution in [3.05, 3.63) is 54.1 Å². The van der Waals surface area contributed by atoms with Gasteiger partial charge in [0, 0.05) is 10.8 Å². The van der Waals surface area contributed by atoms with Crippen molar-refractivity contribution in [3.8, 4) is 11.5 Å². The molecule has 0 unspecified atom stereocenters. The first-order valence-corrected chi connectivity index (χ1v) is 7.79. The van der Waals surface area contributed by atoms with Gasteiger partial charge in [-0.05, 0) is 45.3 Å². The summed E-state index contributed by atoms with van der Waals surface area (Å²) in [6.45, 7) is 1.08. The van der Waals surface area contributed by atoms with Crippen LogP contribution in [-0.2, 0) is 0 Å². The molecule has 0 bridgehead atoms. The molecular formula is C17H19NOS. The number of benzene rings is 2. The molecule has 2 nitrogen and oxygen atoms in total. The molecule has 0 saturated carbocycles. The summed E-state index contributed by atoms with van der Waals surface area (Å²) in [7, 11) is 4.25. The van der Waals surface area contributed by atoms with Gasteiger partial charge in [-0.25, -0.2) is 0 Å². The smallest absolute Gasteiger partial charge is 0.141 e. The molecule has 104 valence electrons. The van der Waals surface area contributed by atoms with E-state index < -0.39 is 0 Å². The third-order valence-electron chi connectivity index (χ3n) is 3.44. The predicted molar refractivity (Wildman–Crippen MR) is 84.7 cm³/mol. The Morgan fingerprint density at radius 2 is 1.70 bits per heavy atom. The zero-order valence-corrected chi connectivity index (χ0v) is 12.7. The van der Waals surface area contributed by atoms with Gasteiger partial charge in [-0.15, -0.1) is 11.8 Å². The van der Waals surface area contributed by atoms with E-state index in [0.717, 1.165) is 24.5 Å². The van der Waals surface area contributed by atoms with Crippen molar-refractivity contribution >= 4 is 11.8 Å². The van der Waals surface area contributed by atoms with Crippen LogP contribution in [0.1, 0.15) is 17.2 Å². The number of rotatable bonds is 3. The highest BCUT2D eigenvalue weighted by Gasteiger charge is 2.23. The SMILES string of the molecule is CN(C)CC[C@@H]1Sc2ccccc2Oc2ccccc21. The van der Waals surface area contributed by atoms with Gasteiger partial charge < -0.3 is 9.64 Å². The van der Waals surface area contributed by atoms with E-state index >= 15 is 0 Å². The van der Waals surface area contributed by atoms with Crippen LogP contribution in [0.4, 0.5) is 0 Å². The highest BCUT2D eigenvalue weighted by molar-refractivity contribution is 7.99. The van der Waals surface area contributed by atoms with Crippen LogP contribution in [-0.4, -0.2) is 25.5 Å². The maximum Gasteiger partial charge on any atom is 0.141 e. The van der Waals surface area contributed by atoms with Gasteiger partial charge in [-0.3, -0.25) is 0 Å². The minimum Gasteiger partial charge on any atom is -0.456 e. The summed E-state index contributed by atoms with van der Waals surface area (Å²) in [5.74, 6) is 1.96. The molecule has 0 aliphatic carbocycles. The highest BCUT2D eigenvalue weighted by atomic mass is 32.2. The summed E-state index contributed by atoms with van der Waals surface area (Å²) < 4.78 is 6.11. The fraction of sp³-hybridized carbons (Fsp3) is 0.294. The molecule has 0 aromatic heterocycles. The van der Waals surface area contributed by atoms with Gasteiger partial charge in [-0.1, -0.05) is 30.3 Å². The van der Waals surface area contributed by atoms with Crippen LogP contribution >= 0.6 is 11.8 Å². The van der Waals surface area contributed by atoms with Crippen molar-refractivity contribution in [3.63, 3.8) is 0 Å². The molecule has 1 aliphatic heterocycles. The summed E-state index contributed by atoms with van der Waals surface area (Å²) >= 11 is 1.91. The first-order valence-electron chi connectivity index (χ1n) is 6.91. The standard InChI is InChI=1S/C17H19NOS/c1-18(2)12-11-16-13-7-3-4-8-14(13)19-15-9-5-6-10-17(15)20-16/h3-10,16H,11-12H2,1-2H3/t16-/m0/s1. The number of nitrogens with zero attached hydrogens (tertiary/aromatic N) is 1. The second-order valence-electron chi connectivity index (χ2n) is 5.29. The maximum atomic E-state index is 6.11. The lowest BCUT2D eigenvalue weighted by molar-refractivity contribution is 0.397. The Kier molecular flexibility index (Phi) is 3.99. The summed E-state index contributed by atoms with van der Waals surface area (Å²) in [4.78, 5) is 3.47. The van der Waals surface area contributed by atoms with Gasteiger partial charge in [0.05, 0.1) is 4.90 Å². The molecule has 1 aliphatic rings. The minimum atomic E-state index is 0.442. The Morgan fingerprint density at radius 3 is 2.50 bits per heavy atom. The third-order valence-corrected chi connectivity index (χ3v) is 4.81. The molecule has 20 heavy (non-hydrogen) atoms. The van der Waals surface area contributed by atoms with Gasteiger partial charge in [0.15, 0.2) is 0 Å². The Bertz CT molecular complexity index is 597. The molecule has 0 spiro atoms. The number of hydrogen-bond donors (Lipinski definition) is 0. The lowest BCUT2D eigenvalue weighted by atomic mass is 10.1. The lowest BCUT2D eigenvalue weighted by Crippen LogP contribution is -2.15. The molecule has 0 amide bonds. The van der Waals surface area contributed by atoms with E-state index in [1.165, 1.54) is 10.5 Å². The van der Waals surface area contributed by atoms with Gasteiger partial charge in [0.2, 0.25) is 0 Å². The van der Waals surface area contributed by atoms with Crippen molar-refractivity contribution in [1.82, 2.24) is 4.90 Å². The molecule has 1 heterocycles. The van der Waals surface area contributed by atoms with Crippen molar-refractivity contribution in [2.75, 3.05) is 20.6 Å². The molecule has 3 heteroatoms. The van der Waals surface area contributed by atoms with Gasteiger partial charge in [-0.2, -0.15) is 0 Å². The van der Waals surface area contributed by atoms with Crippen LogP contribution < -0.4 is 4.74 Å². The summed E-state index contributed by atoms with van der Waals surface area (Å²) in [6.07, 6.45) is 1.12. The largest absolute Gasteiger partial charge is 0.456 e. The fourth-order valence-electron chi connectivity index (χ4n) is 2.40. The van der Waals surface area contributed by atoms with Crippen LogP contribution in [0.25, 0.3) is 0 Å². The van der Waals surface area contributed by atoms with Gasteiger partial charge in [0.25, 0.3) is 0 Å². The van der Waals surface area contributed by atoms with Crippen LogP contribution in [0.5, 0.6) is 11.5 Å². The Balaban J connectivity index is 1.97. The molecule has 2 aromatic carbocycles. The number of thioether (sulfide) groups is 1. The topological polar surface area (TPSA) is 12.5 Å². The van der Waals surface area contributed by atoms with E-state index in [9.17, 15) is 0 Å². The zero-order valence-electron chi connectivity index (χ0n) is 11.9. The fourth-order valence-corrected chi connectivity index (χ4v) is 3.63. The van der Waals surface area contributed by atoms with Crippen molar-refractivity contribution < 1.29 is 4.74 Å². The Labute approximate surface area is 124 Å². The highest BCUT2D eigenvalue weighted by Crippen LogP contribution is 2.49. The second-order valence-corrected chi connectivity index (χ2v) is 6.53. The van der Waals surface area contributed by atoms with Crippen molar-refractivity contribution in [2.45, 2.75) is 16.6 Å². The predicted octanol–water partition coefficient (Wildman–Crippen LogP) is 4.58. The molecule has 0 radical (unpaired) electrons. The van der Waals surface area contributed by atoms with Crippen LogP contribution in [0.2, 0.25) is 0 Å². The third kappa shape index (κ3) is 2.84. The summed E-state index contributed by atoms with van der Waals surface area (Å²) in [5, 5.41) is 0.442. The number of ether oxygens (including phenoxy) is 1. The van der Waals surface area contributed by atoms with Crippen LogP contribution in [0.15, 0.2) is 53.4 Å². The number of hydrogen-bond acceptors (Lipinski definition) is 3. The van der Waals surface area contributed by atoms with E-state index in [-0.39, 0.29) is 0 Å². The lowest BCUT2D eigenvalue weighted by Gasteiger charge is -2.18. The summed E-state index contributed by atoms with van der Waals surface area (Å²) in [5.41, 5.74) is 1.30. The van der Waals surface area contributed by atoms with Crippen molar-refractivity contribution in [2.24, 2.45) is 0 Å². The van der Waals surface area contributed by atoms with E-state index in [1.807, 2.05) is 30.0 Å². The normalized spacial score (nSPS) is 17.1. The molecule has 0 fully saturated rings. The zero-order chi connectivity index (χ0) is 13.9. The van der Waals surface area contributed by atoms with Gasteiger partial charge >= 0.3 is 0 Å². The quantitative estimate of drug-likeness (QED) is 0.819. The Hall–Kier alpha value is -1.45. The monoisotopic (exact) mass is 285 g/mol. The molecular weight excluding hydrogens is 266 g/mol. The first-order chi connectivity index (χ1) is 9.74. The second kappa shape index (κ2) is 5.90. The van der Waals surface area contributed by atoms with E-state index in [4.69, 9.17) is 4.74 Å². The van der Waals surface area contributed by atoms with Gasteiger partial charge in [0.1, 0.15) is 11.5 Å². The first kappa shape index (κ1) is 13.5. The number of fused-ring (bicyclic) bond motifs is 2. The van der Waals surface area contributed by atoms with E-state index in [2.05, 4.69) is 49.3 Å². The van der Waals surface area contributed by atoms with E-state index in [0.29, 0.717) is 5.25 Å². The molecule has 3 rings (SSSR count). The molecule has 1 atom stereocenters. The molecule has 2 aromatic rings. The average molecular weight is 285 g/mol. The summed E-state index contributed by atoms with van der Waals surface area (Å²) in [6, 6.07) is 16.7. The molecule has 0 saturated heterocycles. The van der Waals surface area contributed by atoms with Crippen molar-refractivity contribution in [1.29, 1.82) is 0 Å². The average Bonchev–Trinajstić information content (AvgIpc) is 2.61.